The van der Waals surface area contributed by atoms with Gasteiger partial charge in [0.25, 0.3) is 5.56 Å². The normalized spacial score (nSPS) is 15.4. The third kappa shape index (κ3) is 2.56. The summed E-state index contributed by atoms with van der Waals surface area (Å²) in [6.07, 6.45) is 7.95. The van der Waals surface area contributed by atoms with Crippen molar-refractivity contribution in [2.75, 3.05) is 18.0 Å². The summed E-state index contributed by atoms with van der Waals surface area (Å²) in [5.74, 6) is 0.570. The first-order chi connectivity index (χ1) is 8.77. The van der Waals surface area contributed by atoms with Crippen LogP contribution in [-0.4, -0.2) is 28.7 Å². The molecule has 0 spiro atoms. The van der Waals surface area contributed by atoms with Gasteiger partial charge in [-0.25, -0.2) is 4.98 Å². The van der Waals surface area contributed by atoms with E-state index in [1.165, 1.54) is 6.42 Å². The van der Waals surface area contributed by atoms with E-state index in [2.05, 4.69) is 16.8 Å². The van der Waals surface area contributed by atoms with Crippen LogP contribution >= 0.6 is 0 Å². The molecule has 1 aromatic heterocycles. The Balaban J connectivity index is 2.28. The lowest BCUT2D eigenvalue weighted by Gasteiger charge is -2.37. The van der Waals surface area contributed by atoms with Crippen LogP contribution in [0, 0.1) is 0 Å². The monoisotopic (exact) mass is 250 g/mol. The lowest BCUT2D eigenvalue weighted by Crippen LogP contribution is -2.46. The molecule has 100 valence electrons. The molecule has 1 fully saturated rings. The highest BCUT2D eigenvalue weighted by atomic mass is 16.1. The van der Waals surface area contributed by atoms with Crippen LogP contribution in [0.1, 0.15) is 32.6 Å². The Kier molecular flexibility index (Phi) is 4.36. The van der Waals surface area contributed by atoms with Crippen molar-refractivity contribution in [2.45, 2.75) is 45.2 Å². The highest BCUT2D eigenvalue weighted by molar-refractivity contribution is 5.38. The molecule has 0 atom stereocenters. The Bertz CT molecular complexity index is 439. The Hall–Kier alpha value is -1.36. The van der Waals surface area contributed by atoms with Crippen LogP contribution in [0.3, 0.4) is 0 Å². The van der Waals surface area contributed by atoms with E-state index in [0.717, 1.165) is 25.8 Å². The Morgan fingerprint density at radius 1 is 1.56 bits per heavy atom. The zero-order valence-electron chi connectivity index (χ0n) is 11.0. The largest absolute Gasteiger partial charge is 0.348 e. The minimum absolute atomic E-state index is 0.0136. The van der Waals surface area contributed by atoms with Crippen LogP contribution < -0.4 is 16.2 Å². The van der Waals surface area contributed by atoms with Crippen molar-refractivity contribution in [3.8, 4) is 0 Å². The first-order valence-corrected chi connectivity index (χ1v) is 6.80. The maximum Gasteiger partial charge on any atom is 0.293 e. The van der Waals surface area contributed by atoms with Gasteiger partial charge in [0.05, 0.1) is 0 Å². The molecule has 0 saturated heterocycles. The van der Waals surface area contributed by atoms with E-state index >= 15 is 0 Å². The Morgan fingerprint density at radius 2 is 2.33 bits per heavy atom. The van der Waals surface area contributed by atoms with Crippen LogP contribution in [0.4, 0.5) is 5.82 Å². The van der Waals surface area contributed by atoms with Gasteiger partial charge in [0, 0.05) is 38.1 Å². The lowest BCUT2D eigenvalue weighted by atomic mass is 9.91. The van der Waals surface area contributed by atoms with Crippen molar-refractivity contribution < 1.29 is 0 Å². The summed E-state index contributed by atoms with van der Waals surface area (Å²) < 4.78 is 1.74. The number of aryl methyl sites for hydroxylation is 1. The lowest BCUT2D eigenvalue weighted by molar-refractivity contribution is 0.384. The van der Waals surface area contributed by atoms with E-state index in [4.69, 9.17) is 5.73 Å². The summed E-state index contributed by atoms with van der Waals surface area (Å²) in [7, 11) is 0. The number of anilines is 1. The molecule has 1 heterocycles. The molecule has 2 rings (SSSR count). The maximum absolute atomic E-state index is 12.3. The van der Waals surface area contributed by atoms with Gasteiger partial charge >= 0.3 is 0 Å². The van der Waals surface area contributed by atoms with Gasteiger partial charge in [-0.3, -0.25) is 4.79 Å². The van der Waals surface area contributed by atoms with Gasteiger partial charge in [0.15, 0.2) is 5.82 Å². The highest BCUT2D eigenvalue weighted by Crippen LogP contribution is 2.26. The van der Waals surface area contributed by atoms with Gasteiger partial charge in [-0.2, -0.15) is 0 Å². The van der Waals surface area contributed by atoms with Crippen molar-refractivity contribution in [1.29, 1.82) is 0 Å². The predicted molar refractivity (Wildman–Crippen MR) is 72.8 cm³/mol. The third-order valence-corrected chi connectivity index (χ3v) is 3.52. The van der Waals surface area contributed by atoms with Gasteiger partial charge in [-0.05, 0) is 25.7 Å². The van der Waals surface area contributed by atoms with Gasteiger partial charge in [0.2, 0.25) is 0 Å². The minimum Gasteiger partial charge on any atom is -0.348 e. The number of rotatable bonds is 6. The standard InChI is InChI=1S/C13H22N4O/c1-2-8-16-10-7-15-12(13(16)18)17(9-6-14)11-4-3-5-11/h7,10-11H,2-6,8-9,14H2,1H3. The first kappa shape index (κ1) is 13.1. The third-order valence-electron chi connectivity index (χ3n) is 3.52. The molecule has 1 aliphatic rings. The zero-order chi connectivity index (χ0) is 13.0. The smallest absolute Gasteiger partial charge is 0.293 e. The molecule has 18 heavy (non-hydrogen) atoms. The molecule has 5 nitrogen and oxygen atoms in total. The van der Waals surface area contributed by atoms with Crippen molar-refractivity contribution >= 4 is 5.82 Å². The van der Waals surface area contributed by atoms with E-state index in [-0.39, 0.29) is 5.56 Å². The second-order valence-corrected chi connectivity index (χ2v) is 4.82. The van der Waals surface area contributed by atoms with Crippen LogP contribution in [0.25, 0.3) is 0 Å². The van der Waals surface area contributed by atoms with Gasteiger partial charge in [0.1, 0.15) is 0 Å². The van der Waals surface area contributed by atoms with Crippen molar-refractivity contribution in [3.63, 3.8) is 0 Å². The SMILES string of the molecule is CCCn1ccnc(N(CCN)C2CCC2)c1=O. The second-order valence-electron chi connectivity index (χ2n) is 4.82. The minimum atomic E-state index is 0.0136. The van der Waals surface area contributed by atoms with E-state index < -0.39 is 0 Å². The van der Waals surface area contributed by atoms with E-state index in [0.29, 0.717) is 24.9 Å². The van der Waals surface area contributed by atoms with Crippen LogP contribution in [0.2, 0.25) is 0 Å². The number of aromatic nitrogens is 2. The van der Waals surface area contributed by atoms with Gasteiger partial charge < -0.3 is 15.2 Å². The molecule has 5 heteroatoms. The molecule has 0 aromatic carbocycles. The van der Waals surface area contributed by atoms with E-state index in [9.17, 15) is 4.79 Å². The summed E-state index contributed by atoms with van der Waals surface area (Å²) in [5, 5.41) is 0. The molecule has 0 amide bonds. The molecule has 0 bridgehead atoms. The molecule has 0 aliphatic heterocycles. The van der Waals surface area contributed by atoms with Crippen LogP contribution in [0.5, 0.6) is 0 Å². The number of nitrogens with zero attached hydrogens (tertiary/aromatic N) is 3. The molecular weight excluding hydrogens is 228 g/mol. The van der Waals surface area contributed by atoms with Crippen molar-refractivity contribution in [2.24, 2.45) is 5.73 Å². The average molecular weight is 250 g/mol. The summed E-state index contributed by atoms with van der Waals surface area (Å²) in [6, 6.07) is 0.450. The molecular formula is C13H22N4O. The Labute approximate surface area is 108 Å². The Morgan fingerprint density at radius 3 is 2.89 bits per heavy atom. The fourth-order valence-corrected chi connectivity index (χ4v) is 2.35. The van der Waals surface area contributed by atoms with Crippen LogP contribution in [0.15, 0.2) is 17.2 Å². The van der Waals surface area contributed by atoms with E-state index in [1.54, 1.807) is 17.0 Å². The summed E-state index contributed by atoms with van der Waals surface area (Å²) in [4.78, 5) is 18.7. The first-order valence-electron chi connectivity index (χ1n) is 6.80. The quantitative estimate of drug-likeness (QED) is 0.817. The van der Waals surface area contributed by atoms with Crippen LogP contribution in [-0.2, 0) is 6.54 Å². The molecule has 2 N–H and O–H groups in total. The molecule has 1 aromatic rings. The summed E-state index contributed by atoms with van der Waals surface area (Å²) in [6.45, 7) is 4.08. The zero-order valence-corrected chi connectivity index (χ0v) is 11.0. The molecule has 0 unspecified atom stereocenters. The molecule has 0 radical (unpaired) electrons. The van der Waals surface area contributed by atoms with Crippen molar-refractivity contribution in [1.82, 2.24) is 9.55 Å². The average Bonchev–Trinajstić information content (AvgIpc) is 2.29. The van der Waals surface area contributed by atoms with Gasteiger partial charge in [-0.15, -0.1) is 0 Å². The molecule has 1 saturated carbocycles. The summed E-state index contributed by atoms with van der Waals surface area (Å²) in [5.41, 5.74) is 5.67. The molecule has 1 aliphatic carbocycles. The topological polar surface area (TPSA) is 64.2 Å². The predicted octanol–water partition coefficient (Wildman–Crippen LogP) is 0.971. The van der Waals surface area contributed by atoms with Gasteiger partial charge in [-0.1, -0.05) is 6.92 Å². The number of nitrogens with two attached hydrogens (primary N) is 1. The maximum atomic E-state index is 12.3. The fourth-order valence-electron chi connectivity index (χ4n) is 2.35. The summed E-state index contributed by atoms with van der Waals surface area (Å²) >= 11 is 0. The highest BCUT2D eigenvalue weighted by Gasteiger charge is 2.27. The second kappa shape index (κ2) is 6.00. The fraction of sp³-hybridized carbons (Fsp3) is 0.692. The number of hydrogen-bond donors (Lipinski definition) is 1. The van der Waals surface area contributed by atoms with E-state index in [1.807, 2.05) is 0 Å². The van der Waals surface area contributed by atoms with Crippen molar-refractivity contribution in [3.05, 3.63) is 22.7 Å². The number of hydrogen-bond acceptors (Lipinski definition) is 4.